The number of benzene rings is 2. The van der Waals surface area contributed by atoms with Gasteiger partial charge in [0.2, 0.25) is 0 Å². The number of fused-ring (bicyclic) bond motifs is 1. The monoisotopic (exact) mass is 279 g/mol. The van der Waals surface area contributed by atoms with E-state index in [1.165, 1.54) is 0 Å². The molecular weight excluding hydrogens is 258 g/mol. The lowest BCUT2D eigenvalue weighted by Gasteiger charge is -2.14. The van der Waals surface area contributed by atoms with Gasteiger partial charge in [-0.2, -0.15) is 0 Å². The molecule has 3 nitrogen and oxygen atoms in total. The van der Waals surface area contributed by atoms with Crippen LogP contribution in [0.3, 0.4) is 0 Å². The molecule has 108 valence electrons. The number of unbranched alkanes of at least 4 members (excludes halogenated alkanes) is 1. The van der Waals surface area contributed by atoms with Gasteiger partial charge in [-0.1, -0.05) is 50.1 Å². The number of nitrogens with zero attached hydrogens (tertiary/aromatic N) is 2. The van der Waals surface area contributed by atoms with E-state index < -0.39 is 0 Å². The highest BCUT2D eigenvalue weighted by Gasteiger charge is 2.17. The zero-order valence-corrected chi connectivity index (χ0v) is 12.4. The molecule has 3 heteroatoms. The number of para-hydroxylation sites is 3. The highest BCUT2D eigenvalue weighted by atomic mass is 15.1. The van der Waals surface area contributed by atoms with Crippen LogP contribution in [0, 0.1) is 0 Å². The average Bonchev–Trinajstić information content (AvgIpc) is 2.93. The first kappa shape index (κ1) is 13.8. The minimum absolute atomic E-state index is 0.0300. The van der Waals surface area contributed by atoms with E-state index in [9.17, 15) is 0 Å². The maximum absolute atomic E-state index is 6.40. The Kier molecular flexibility index (Phi) is 4.02. The zero-order chi connectivity index (χ0) is 14.7. The second-order valence-corrected chi connectivity index (χ2v) is 5.38. The summed E-state index contributed by atoms with van der Waals surface area (Å²) in [5.74, 6) is 0.954. The van der Waals surface area contributed by atoms with Crippen LogP contribution in [0.15, 0.2) is 54.6 Å². The Balaban J connectivity index is 2.15. The predicted molar refractivity (Wildman–Crippen MR) is 87.5 cm³/mol. The number of aromatic nitrogens is 2. The first-order chi connectivity index (χ1) is 10.3. The highest BCUT2D eigenvalue weighted by Crippen LogP contribution is 2.26. The quantitative estimate of drug-likeness (QED) is 0.760. The molecule has 3 aromatic rings. The molecule has 1 heterocycles. The fourth-order valence-corrected chi connectivity index (χ4v) is 2.69. The molecule has 0 aliphatic heterocycles. The van der Waals surface area contributed by atoms with Gasteiger partial charge in [-0.3, -0.25) is 4.57 Å². The van der Waals surface area contributed by atoms with Crippen molar-refractivity contribution in [2.45, 2.75) is 32.2 Å². The van der Waals surface area contributed by atoms with Crippen molar-refractivity contribution in [3.05, 3.63) is 60.4 Å². The fourth-order valence-electron chi connectivity index (χ4n) is 2.69. The van der Waals surface area contributed by atoms with Gasteiger partial charge >= 0.3 is 0 Å². The molecule has 0 radical (unpaired) electrons. The molecule has 0 aliphatic rings. The minimum Gasteiger partial charge on any atom is -0.321 e. The SMILES string of the molecule is CCCCC(N)c1nc2ccccc2n1-c1ccccc1. The number of imidazole rings is 1. The summed E-state index contributed by atoms with van der Waals surface area (Å²) in [4.78, 5) is 4.78. The smallest absolute Gasteiger partial charge is 0.131 e. The van der Waals surface area contributed by atoms with Gasteiger partial charge in [0, 0.05) is 5.69 Å². The molecule has 1 atom stereocenters. The van der Waals surface area contributed by atoms with E-state index >= 15 is 0 Å². The highest BCUT2D eigenvalue weighted by molar-refractivity contribution is 5.78. The third-order valence-electron chi connectivity index (χ3n) is 3.80. The summed E-state index contributed by atoms with van der Waals surface area (Å²) >= 11 is 0. The second-order valence-electron chi connectivity index (χ2n) is 5.38. The summed E-state index contributed by atoms with van der Waals surface area (Å²) in [6, 6.07) is 18.5. The molecule has 2 aromatic carbocycles. The van der Waals surface area contributed by atoms with Gasteiger partial charge in [0.25, 0.3) is 0 Å². The van der Waals surface area contributed by atoms with Gasteiger partial charge in [-0.15, -0.1) is 0 Å². The number of nitrogens with two attached hydrogens (primary N) is 1. The molecule has 0 bridgehead atoms. The number of hydrogen-bond acceptors (Lipinski definition) is 2. The molecule has 1 aromatic heterocycles. The lowest BCUT2D eigenvalue weighted by molar-refractivity contribution is 0.570. The van der Waals surface area contributed by atoms with E-state index in [2.05, 4.69) is 29.7 Å². The van der Waals surface area contributed by atoms with Crippen molar-refractivity contribution in [2.75, 3.05) is 0 Å². The van der Waals surface area contributed by atoms with Gasteiger partial charge in [-0.25, -0.2) is 4.98 Å². The third kappa shape index (κ3) is 2.69. The topological polar surface area (TPSA) is 43.8 Å². The van der Waals surface area contributed by atoms with Crippen molar-refractivity contribution >= 4 is 11.0 Å². The molecule has 0 saturated heterocycles. The Morgan fingerprint density at radius 1 is 1.05 bits per heavy atom. The summed E-state index contributed by atoms with van der Waals surface area (Å²) in [6.07, 6.45) is 3.24. The minimum atomic E-state index is -0.0300. The summed E-state index contributed by atoms with van der Waals surface area (Å²) in [5.41, 5.74) is 9.64. The van der Waals surface area contributed by atoms with Crippen LogP contribution in [-0.4, -0.2) is 9.55 Å². The molecule has 3 rings (SSSR count). The lowest BCUT2D eigenvalue weighted by atomic mass is 10.1. The van der Waals surface area contributed by atoms with Crippen molar-refractivity contribution in [1.29, 1.82) is 0 Å². The van der Waals surface area contributed by atoms with Crippen LogP contribution in [-0.2, 0) is 0 Å². The van der Waals surface area contributed by atoms with E-state index in [1.807, 2.05) is 36.4 Å². The average molecular weight is 279 g/mol. The largest absolute Gasteiger partial charge is 0.321 e. The second kappa shape index (κ2) is 6.10. The van der Waals surface area contributed by atoms with Crippen LogP contribution in [0.5, 0.6) is 0 Å². The molecule has 0 amide bonds. The molecule has 1 unspecified atom stereocenters. The van der Waals surface area contributed by atoms with Crippen molar-refractivity contribution < 1.29 is 0 Å². The zero-order valence-electron chi connectivity index (χ0n) is 12.4. The third-order valence-corrected chi connectivity index (χ3v) is 3.80. The van der Waals surface area contributed by atoms with E-state index in [0.29, 0.717) is 0 Å². The first-order valence-electron chi connectivity index (χ1n) is 7.59. The number of rotatable bonds is 5. The molecular formula is C18H21N3. The molecule has 0 saturated carbocycles. The Labute approximate surface area is 125 Å². The summed E-state index contributed by atoms with van der Waals surface area (Å²) in [7, 11) is 0. The van der Waals surface area contributed by atoms with Crippen molar-refractivity contribution in [1.82, 2.24) is 9.55 Å². The van der Waals surface area contributed by atoms with Gasteiger partial charge in [0.1, 0.15) is 5.82 Å². The van der Waals surface area contributed by atoms with Crippen molar-refractivity contribution in [2.24, 2.45) is 5.73 Å². The van der Waals surface area contributed by atoms with Crippen LogP contribution in [0.4, 0.5) is 0 Å². The van der Waals surface area contributed by atoms with Crippen molar-refractivity contribution in [3.8, 4) is 5.69 Å². The van der Waals surface area contributed by atoms with Gasteiger partial charge in [0.15, 0.2) is 0 Å². The van der Waals surface area contributed by atoms with Crippen LogP contribution in [0.25, 0.3) is 16.7 Å². The fraction of sp³-hybridized carbons (Fsp3) is 0.278. The van der Waals surface area contributed by atoms with E-state index in [0.717, 1.165) is 41.8 Å². The molecule has 0 fully saturated rings. The van der Waals surface area contributed by atoms with Crippen LogP contribution >= 0.6 is 0 Å². The Morgan fingerprint density at radius 3 is 2.52 bits per heavy atom. The Bertz CT molecular complexity index is 716. The van der Waals surface area contributed by atoms with E-state index in [1.54, 1.807) is 0 Å². The summed E-state index contributed by atoms with van der Waals surface area (Å²) < 4.78 is 2.19. The number of hydrogen-bond donors (Lipinski definition) is 1. The lowest BCUT2D eigenvalue weighted by Crippen LogP contribution is -2.16. The molecule has 21 heavy (non-hydrogen) atoms. The Hall–Kier alpha value is -2.13. The standard InChI is InChI=1S/C18H21N3/c1-2-3-11-15(19)18-20-16-12-7-8-13-17(16)21(18)14-9-5-4-6-10-14/h4-10,12-13,15H,2-3,11,19H2,1H3. The maximum atomic E-state index is 6.40. The first-order valence-corrected chi connectivity index (χ1v) is 7.59. The van der Waals surface area contributed by atoms with Gasteiger partial charge in [0.05, 0.1) is 17.1 Å². The summed E-state index contributed by atoms with van der Waals surface area (Å²) in [5, 5.41) is 0. The van der Waals surface area contributed by atoms with E-state index in [-0.39, 0.29) is 6.04 Å². The molecule has 2 N–H and O–H groups in total. The molecule has 0 aliphatic carbocycles. The van der Waals surface area contributed by atoms with Gasteiger partial charge < -0.3 is 5.73 Å². The summed E-state index contributed by atoms with van der Waals surface area (Å²) in [6.45, 7) is 2.19. The maximum Gasteiger partial charge on any atom is 0.131 e. The molecule has 0 spiro atoms. The Morgan fingerprint density at radius 2 is 1.76 bits per heavy atom. The van der Waals surface area contributed by atoms with Gasteiger partial charge in [-0.05, 0) is 30.7 Å². The normalized spacial score (nSPS) is 12.7. The van der Waals surface area contributed by atoms with Crippen molar-refractivity contribution in [3.63, 3.8) is 0 Å². The van der Waals surface area contributed by atoms with E-state index in [4.69, 9.17) is 10.7 Å². The van der Waals surface area contributed by atoms with Crippen LogP contribution in [0.2, 0.25) is 0 Å². The predicted octanol–water partition coefficient (Wildman–Crippen LogP) is 4.22. The van der Waals surface area contributed by atoms with Crippen LogP contribution < -0.4 is 5.73 Å². The van der Waals surface area contributed by atoms with Crippen LogP contribution in [0.1, 0.15) is 38.1 Å².